The topological polar surface area (TPSA) is 37.9 Å². The van der Waals surface area contributed by atoms with Crippen LogP contribution >= 0.6 is 0 Å². The standard InChI is InChI=1S/C14H17N3O/c1-3-16-10-11-17(4-2)14(16)13(18)15-12-8-6-5-7-9-12/h5-11H,3-4H2,1-2H3/p+1. The molecule has 0 bridgehead atoms. The number of amides is 1. The summed E-state index contributed by atoms with van der Waals surface area (Å²) in [7, 11) is 0. The first kappa shape index (κ1) is 12.4. The number of aromatic nitrogens is 2. The van der Waals surface area contributed by atoms with Crippen LogP contribution in [0.1, 0.15) is 24.5 Å². The predicted molar refractivity (Wildman–Crippen MR) is 70.4 cm³/mol. The third kappa shape index (κ3) is 2.42. The number of anilines is 1. The van der Waals surface area contributed by atoms with Crippen molar-refractivity contribution in [1.29, 1.82) is 0 Å². The minimum absolute atomic E-state index is 0.0742. The van der Waals surface area contributed by atoms with Crippen molar-refractivity contribution >= 4 is 11.6 Å². The van der Waals surface area contributed by atoms with Gasteiger partial charge in [0.15, 0.2) is 0 Å². The van der Waals surface area contributed by atoms with Crippen molar-refractivity contribution in [1.82, 2.24) is 4.57 Å². The van der Waals surface area contributed by atoms with Crippen molar-refractivity contribution in [2.75, 3.05) is 5.32 Å². The molecular weight excluding hydrogens is 226 g/mol. The van der Waals surface area contributed by atoms with Crippen LogP contribution in [0.3, 0.4) is 0 Å². The molecule has 94 valence electrons. The van der Waals surface area contributed by atoms with Crippen molar-refractivity contribution in [3.8, 4) is 0 Å². The molecule has 2 aromatic rings. The number of benzene rings is 1. The summed E-state index contributed by atoms with van der Waals surface area (Å²) in [5, 5.41) is 2.91. The van der Waals surface area contributed by atoms with Gasteiger partial charge in [-0.2, -0.15) is 0 Å². The fourth-order valence-electron chi connectivity index (χ4n) is 1.95. The van der Waals surface area contributed by atoms with Gasteiger partial charge in [0, 0.05) is 5.69 Å². The van der Waals surface area contributed by atoms with Crippen LogP contribution in [0.15, 0.2) is 42.7 Å². The van der Waals surface area contributed by atoms with E-state index in [9.17, 15) is 4.79 Å². The SMILES string of the molecule is CCn1cc[n+](CC)c1C(=O)Nc1ccccc1. The van der Waals surface area contributed by atoms with Gasteiger partial charge in [-0.15, -0.1) is 0 Å². The molecule has 0 radical (unpaired) electrons. The highest BCUT2D eigenvalue weighted by Gasteiger charge is 2.23. The molecule has 2 rings (SSSR count). The smallest absolute Gasteiger partial charge is 0.315 e. The number of nitrogens with one attached hydrogen (secondary N) is 1. The van der Waals surface area contributed by atoms with Crippen LogP contribution in [0.2, 0.25) is 0 Å². The van der Waals surface area contributed by atoms with Crippen LogP contribution in [0.25, 0.3) is 0 Å². The highest BCUT2D eigenvalue weighted by molar-refractivity contribution is 6.00. The van der Waals surface area contributed by atoms with Crippen molar-refractivity contribution < 1.29 is 9.36 Å². The Morgan fingerprint density at radius 2 is 2.00 bits per heavy atom. The lowest BCUT2D eigenvalue weighted by molar-refractivity contribution is -0.694. The van der Waals surface area contributed by atoms with Crippen molar-refractivity contribution in [2.45, 2.75) is 26.9 Å². The van der Waals surface area contributed by atoms with E-state index in [0.29, 0.717) is 5.82 Å². The number of hydrogen-bond acceptors (Lipinski definition) is 1. The lowest BCUT2D eigenvalue weighted by Gasteiger charge is -2.04. The molecule has 1 aromatic heterocycles. The first-order valence-corrected chi connectivity index (χ1v) is 6.21. The van der Waals surface area contributed by atoms with Gasteiger partial charge >= 0.3 is 11.7 Å². The minimum atomic E-state index is -0.0742. The van der Waals surface area contributed by atoms with E-state index in [-0.39, 0.29) is 5.91 Å². The minimum Gasteiger partial charge on any atom is -0.315 e. The van der Waals surface area contributed by atoms with E-state index < -0.39 is 0 Å². The van der Waals surface area contributed by atoms with E-state index in [2.05, 4.69) is 5.32 Å². The molecule has 1 heterocycles. The molecule has 0 aliphatic heterocycles. The molecule has 0 aliphatic rings. The van der Waals surface area contributed by atoms with Gasteiger partial charge in [-0.1, -0.05) is 18.2 Å². The molecule has 4 heteroatoms. The van der Waals surface area contributed by atoms with Crippen LogP contribution in [0, 0.1) is 0 Å². The highest BCUT2D eigenvalue weighted by Crippen LogP contribution is 2.07. The maximum Gasteiger partial charge on any atom is 0.348 e. The van der Waals surface area contributed by atoms with Crippen LogP contribution in [-0.4, -0.2) is 10.5 Å². The third-order valence-electron chi connectivity index (χ3n) is 2.89. The molecule has 1 aromatic carbocycles. The normalized spacial score (nSPS) is 10.3. The molecule has 0 saturated heterocycles. The maximum absolute atomic E-state index is 12.3. The Labute approximate surface area is 107 Å². The zero-order chi connectivity index (χ0) is 13.0. The number of hydrogen-bond donors (Lipinski definition) is 1. The van der Waals surface area contributed by atoms with Crippen LogP contribution in [-0.2, 0) is 13.1 Å². The molecule has 0 saturated carbocycles. The molecule has 1 amide bonds. The fourth-order valence-corrected chi connectivity index (χ4v) is 1.95. The Morgan fingerprint density at radius 3 is 2.61 bits per heavy atom. The average molecular weight is 244 g/mol. The van der Waals surface area contributed by atoms with Gasteiger partial charge in [0.2, 0.25) is 0 Å². The lowest BCUT2D eigenvalue weighted by Crippen LogP contribution is -2.40. The van der Waals surface area contributed by atoms with Gasteiger partial charge in [0.05, 0.1) is 13.1 Å². The summed E-state index contributed by atoms with van der Waals surface area (Å²) < 4.78 is 3.89. The largest absolute Gasteiger partial charge is 0.348 e. The van der Waals surface area contributed by atoms with E-state index in [1.807, 2.05) is 65.7 Å². The van der Waals surface area contributed by atoms with Crippen molar-refractivity contribution in [3.05, 3.63) is 48.5 Å². The first-order valence-electron chi connectivity index (χ1n) is 6.21. The Kier molecular flexibility index (Phi) is 3.77. The molecule has 18 heavy (non-hydrogen) atoms. The van der Waals surface area contributed by atoms with Gasteiger partial charge in [-0.3, -0.25) is 4.79 Å². The molecule has 1 N–H and O–H groups in total. The number of nitrogens with zero attached hydrogens (tertiary/aromatic N) is 2. The molecule has 0 aliphatic carbocycles. The Hall–Kier alpha value is -2.10. The second kappa shape index (κ2) is 5.49. The number of aryl methyl sites for hydroxylation is 2. The zero-order valence-electron chi connectivity index (χ0n) is 10.8. The third-order valence-corrected chi connectivity index (χ3v) is 2.89. The van der Waals surface area contributed by atoms with Gasteiger partial charge in [-0.05, 0) is 26.0 Å². The molecule has 0 spiro atoms. The summed E-state index contributed by atoms with van der Waals surface area (Å²) in [5.41, 5.74) is 0.814. The number of imidazole rings is 1. The van der Waals surface area contributed by atoms with Crippen LogP contribution in [0.5, 0.6) is 0 Å². The molecule has 0 fully saturated rings. The summed E-state index contributed by atoms with van der Waals surface area (Å²) in [4.78, 5) is 12.3. The van der Waals surface area contributed by atoms with Crippen LogP contribution in [0.4, 0.5) is 5.69 Å². The molecule has 0 atom stereocenters. The summed E-state index contributed by atoms with van der Waals surface area (Å²) in [6.07, 6.45) is 3.87. The fraction of sp³-hybridized carbons (Fsp3) is 0.286. The van der Waals surface area contributed by atoms with E-state index >= 15 is 0 Å². The Bertz CT molecular complexity index is 510. The maximum atomic E-state index is 12.3. The number of rotatable bonds is 4. The number of carbonyl (C=O) groups excluding carboxylic acids is 1. The van der Waals surface area contributed by atoms with Crippen LogP contribution < -0.4 is 9.88 Å². The van der Waals surface area contributed by atoms with Gasteiger partial charge in [0.25, 0.3) is 0 Å². The summed E-state index contributed by atoms with van der Waals surface area (Å²) in [6, 6.07) is 9.50. The molecule has 0 unspecified atom stereocenters. The summed E-state index contributed by atoms with van der Waals surface area (Å²) in [5.74, 6) is 0.610. The van der Waals surface area contributed by atoms with E-state index in [0.717, 1.165) is 18.8 Å². The zero-order valence-corrected chi connectivity index (χ0v) is 10.8. The Balaban J connectivity index is 2.26. The van der Waals surface area contributed by atoms with E-state index in [1.54, 1.807) is 0 Å². The summed E-state index contributed by atoms with van der Waals surface area (Å²) >= 11 is 0. The Morgan fingerprint density at radius 1 is 1.28 bits per heavy atom. The highest BCUT2D eigenvalue weighted by atomic mass is 16.2. The first-order chi connectivity index (χ1) is 8.76. The van der Waals surface area contributed by atoms with E-state index in [1.165, 1.54) is 0 Å². The predicted octanol–water partition coefficient (Wildman–Crippen LogP) is 2.07. The lowest BCUT2D eigenvalue weighted by atomic mass is 10.3. The second-order valence-corrected chi connectivity index (χ2v) is 4.01. The monoisotopic (exact) mass is 244 g/mol. The van der Waals surface area contributed by atoms with Crippen molar-refractivity contribution in [3.63, 3.8) is 0 Å². The number of para-hydroxylation sites is 1. The van der Waals surface area contributed by atoms with Gasteiger partial charge < -0.3 is 5.32 Å². The average Bonchev–Trinajstić information content (AvgIpc) is 2.82. The van der Waals surface area contributed by atoms with Gasteiger partial charge in [0.1, 0.15) is 12.4 Å². The molecular formula is C14H18N3O+. The van der Waals surface area contributed by atoms with Gasteiger partial charge in [-0.25, -0.2) is 9.13 Å². The summed E-state index contributed by atoms with van der Waals surface area (Å²) in [6.45, 7) is 5.62. The quantitative estimate of drug-likeness (QED) is 0.821. The molecule has 4 nitrogen and oxygen atoms in total. The van der Waals surface area contributed by atoms with Crippen molar-refractivity contribution in [2.24, 2.45) is 0 Å². The van der Waals surface area contributed by atoms with E-state index in [4.69, 9.17) is 0 Å². The number of carbonyl (C=O) groups is 1. The second-order valence-electron chi connectivity index (χ2n) is 4.01.